The zero-order valence-electron chi connectivity index (χ0n) is 14.1. The Bertz CT molecular complexity index is 453. The van der Waals surface area contributed by atoms with Gasteiger partial charge >= 0.3 is 0 Å². The van der Waals surface area contributed by atoms with Gasteiger partial charge in [-0.25, -0.2) is 0 Å². The summed E-state index contributed by atoms with van der Waals surface area (Å²) in [7, 11) is 0. The Kier molecular flexibility index (Phi) is 3.23. The van der Waals surface area contributed by atoms with Crippen LogP contribution in [0.25, 0.3) is 0 Å². The van der Waals surface area contributed by atoms with Gasteiger partial charge in [-0.15, -0.1) is 0 Å². The SMILES string of the molecule is CC[C@]1(C)CC[C@H]2[C@@H](CC=C3C(C)(C)CC=C[C@@]32C)C1. The van der Waals surface area contributed by atoms with Gasteiger partial charge in [-0.1, -0.05) is 64.8 Å². The summed E-state index contributed by atoms with van der Waals surface area (Å²) >= 11 is 0. The van der Waals surface area contributed by atoms with E-state index < -0.39 is 0 Å². The van der Waals surface area contributed by atoms with Gasteiger partial charge in [0.25, 0.3) is 0 Å². The van der Waals surface area contributed by atoms with Gasteiger partial charge in [0.15, 0.2) is 0 Å². The summed E-state index contributed by atoms with van der Waals surface area (Å²) in [5.41, 5.74) is 3.07. The Labute approximate surface area is 125 Å². The molecule has 0 aromatic carbocycles. The van der Waals surface area contributed by atoms with E-state index in [0.29, 0.717) is 16.2 Å². The molecule has 0 N–H and O–H groups in total. The van der Waals surface area contributed by atoms with E-state index in [1.54, 1.807) is 5.57 Å². The first-order chi connectivity index (χ1) is 9.31. The van der Waals surface area contributed by atoms with Crippen molar-refractivity contribution in [3.63, 3.8) is 0 Å². The largest absolute Gasteiger partial charge is 0.0868 e. The summed E-state index contributed by atoms with van der Waals surface area (Å²) in [6.45, 7) is 12.3. The van der Waals surface area contributed by atoms with Crippen LogP contribution in [0, 0.1) is 28.1 Å². The average Bonchev–Trinajstić information content (AvgIpc) is 2.37. The van der Waals surface area contributed by atoms with Gasteiger partial charge in [-0.3, -0.25) is 0 Å². The molecule has 3 rings (SSSR count). The summed E-state index contributed by atoms with van der Waals surface area (Å²) in [5, 5.41) is 0. The van der Waals surface area contributed by atoms with Gasteiger partial charge in [0.2, 0.25) is 0 Å². The van der Waals surface area contributed by atoms with Crippen LogP contribution in [0.5, 0.6) is 0 Å². The van der Waals surface area contributed by atoms with Crippen LogP contribution in [0.15, 0.2) is 23.8 Å². The molecule has 0 spiro atoms. The highest BCUT2D eigenvalue weighted by Crippen LogP contribution is 2.61. The van der Waals surface area contributed by atoms with Gasteiger partial charge in [0, 0.05) is 5.41 Å². The van der Waals surface area contributed by atoms with E-state index in [1.165, 1.54) is 38.5 Å². The lowest BCUT2D eigenvalue weighted by Crippen LogP contribution is -2.46. The van der Waals surface area contributed by atoms with E-state index in [4.69, 9.17) is 0 Å². The molecule has 0 aromatic heterocycles. The van der Waals surface area contributed by atoms with Crippen LogP contribution >= 0.6 is 0 Å². The maximum Gasteiger partial charge on any atom is 0.00989 e. The molecule has 0 unspecified atom stereocenters. The Balaban J connectivity index is 1.96. The first-order valence-electron chi connectivity index (χ1n) is 8.70. The van der Waals surface area contributed by atoms with Gasteiger partial charge < -0.3 is 0 Å². The van der Waals surface area contributed by atoms with Crippen molar-refractivity contribution in [3.8, 4) is 0 Å². The highest BCUT2D eigenvalue weighted by molar-refractivity contribution is 5.35. The molecular formula is C20H32. The lowest BCUT2D eigenvalue weighted by molar-refractivity contribution is 0.0351. The van der Waals surface area contributed by atoms with Crippen molar-refractivity contribution in [3.05, 3.63) is 23.8 Å². The second kappa shape index (κ2) is 4.49. The molecule has 0 nitrogen and oxygen atoms in total. The van der Waals surface area contributed by atoms with Gasteiger partial charge in [-0.05, 0) is 54.8 Å². The minimum absolute atomic E-state index is 0.347. The molecule has 0 heterocycles. The Hall–Kier alpha value is -0.520. The molecule has 0 aliphatic heterocycles. The van der Waals surface area contributed by atoms with Crippen molar-refractivity contribution in [1.82, 2.24) is 0 Å². The highest BCUT2D eigenvalue weighted by atomic mass is 14.6. The van der Waals surface area contributed by atoms with Crippen LogP contribution in [0.2, 0.25) is 0 Å². The predicted octanol–water partition coefficient (Wildman–Crippen LogP) is 6.14. The quantitative estimate of drug-likeness (QED) is 0.503. The van der Waals surface area contributed by atoms with E-state index in [-0.39, 0.29) is 0 Å². The van der Waals surface area contributed by atoms with Crippen LogP contribution in [0.3, 0.4) is 0 Å². The molecule has 0 heteroatoms. The van der Waals surface area contributed by atoms with Crippen LogP contribution in [-0.2, 0) is 0 Å². The first-order valence-corrected chi connectivity index (χ1v) is 8.70. The van der Waals surface area contributed by atoms with Crippen molar-refractivity contribution in [2.24, 2.45) is 28.1 Å². The number of fused-ring (bicyclic) bond motifs is 3. The molecule has 1 saturated carbocycles. The molecule has 0 amide bonds. The second-order valence-corrected chi connectivity index (χ2v) is 8.90. The first kappa shape index (κ1) is 14.4. The fourth-order valence-electron chi connectivity index (χ4n) is 5.59. The number of allylic oxidation sites excluding steroid dienone is 4. The Morgan fingerprint density at radius 3 is 2.65 bits per heavy atom. The van der Waals surface area contributed by atoms with Crippen LogP contribution in [0.4, 0.5) is 0 Å². The maximum atomic E-state index is 2.63. The Morgan fingerprint density at radius 2 is 1.95 bits per heavy atom. The molecule has 4 atom stereocenters. The highest BCUT2D eigenvalue weighted by Gasteiger charge is 2.51. The molecular weight excluding hydrogens is 240 g/mol. The topological polar surface area (TPSA) is 0 Å². The van der Waals surface area contributed by atoms with E-state index in [9.17, 15) is 0 Å². The third-order valence-electron chi connectivity index (χ3n) is 7.03. The van der Waals surface area contributed by atoms with Crippen LogP contribution in [0.1, 0.15) is 73.1 Å². The summed E-state index contributed by atoms with van der Waals surface area (Å²) in [5.74, 6) is 1.80. The molecule has 0 saturated heterocycles. The summed E-state index contributed by atoms with van der Waals surface area (Å²) in [6.07, 6.45) is 15.9. The third kappa shape index (κ3) is 2.02. The fraction of sp³-hybridized carbons (Fsp3) is 0.800. The fourth-order valence-corrected chi connectivity index (χ4v) is 5.59. The standard InChI is InChI=1S/C20H32/c1-6-19(4)13-10-16-15(14-19)8-9-17-18(2,3)11-7-12-20(16,17)5/h7,9,12,15-16H,6,8,10-11,13-14H2,1-5H3/t15-,16-,19+,20+/m0/s1. The normalized spacial score (nSPS) is 46.4. The van der Waals surface area contributed by atoms with Crippen molar-refractivity contribution in [2.45, 2.75) is 73.1 Å². The zero-order chi connectivity index (χ0) is 14.6. The van der Waals surface area contributed by atoms with Crippen molar-refractivity contribution >= 4 is 0 Å². The molecule has 0 aromatic rings. The monoisotopic (exact) mass is 272 g/mol. The smallest absolute Gasteiger partial charge is 0.00989 e. The second-order valence-electron chi connectivity index (χ2n) is 8.90. The molecule has 3 aliphatic rings. The minimum atomic E-state index is 0.347. The number of hydrogen-bond acceptors (Lipinski definition) is 0. The minimum Gasteiger partial charge on any atom is -0.0868 e. The van der Waals surface area contributed by atoms with Crippen molar-refractivity contribution in [1.29, 1.82) is 0 Å². The molecule has 20 heavy (non-hydrogen) atoms. The van der Waals surface area contributed by atoms with E-state index in [2.05, 4.69) is 52.8 Å². The van der Waals surface area contributed by atoms with Gasteiger partial charge in [-0.2, -0.15) is 0 Å². The molecule has 1 fully saturated rings. The van der Waals surface area contributed by atoms with Crippen molar-refractivity contribution in [2.75, 3.05) is 0 Å². The molecule has 0 bridgehead atoms. The van der Waals surface area contributed by atoms with E-state index in [0.717, 1.165) is 11.8 Å². The summed E-state index contributed by atoms with van der Waals surface area (Å²) < 4.78 is 0. The molecule has 112 valence electrons. The summed E-state index contributed by atoms with van der Waals surface area (Å²) in [4.78, 5) is 0. The number of hydrogen-bond donors (Lipinski definition) is 0. The molecule has 3 aliphatic carbocycles. The van der Waals surface area contributed by atoms with Gasteiger partial charge in [0.05, 0.1) is 0 Å². The lowest BCUT2D eigenvalue weighted by atomic mass is 9.49. The molecule has 0 radical (unpaired) electrons. The van der Waals surface area contributed by atoms with Crippen LogP contribution < -0.4 is 0 Å². The number of rotatable bonds is 1. The van der Waals surface area contributed by atoms with E-state index in [1.807, 2.05) is 0 Å². The summed E-state index contributed by atoms with van der Waals surface area (Å²) in [6, 6.07) is 0. The third-order valence-corrected chi connectivity index (χ3v) is 7.03. The predicted molar refractivity (Wildman–Crippen MR) is 87.6 cm³/mol. The van der Waals surface area contributed by atoms with Gasteiger partial charge in [0.1, 0.15) is 0 Å². The van der Waals surface area contributed by atoms with Crippen LogP contribution in [-0.4, -0.2) is 0 Å². The Morgan fingerprint density at radius 1 is 1.20 bits per heavy atom. The van der Waals surface area contributed by atoms with E-state index >= 15 is 0 Å². The maximum absolute atomic E-state index is 2.63. The average molecular weight is 272 g/mol. The zero-order valence-corrected chi connectivity index (χ0v) is 14.1. The van der Waals surface area contributed by atoms with Crippen molar-refractivity contribution < 1.29 is 0 Å². The lowest BCUT2D eigenvalue weighted by Gasteiger charge is -2.56.